The highest BCUT2D eigenvalue weighted by Crippen LogP contribution is 2.36. The average Bonchev–Trinajstić information content (AvgIpc) is 2.71. The van der Waals surface area contributed by atoms with Gasteiger partial charge in [0.2, 0.25) is 0 Å². The third-order valence-electron chi connectivity index (χ3n) is 5.74. The molecule has 0 amide bonds. The summed E-state index contributed by atoms with van der Waals surface area (Å²) >= 11 is 0. The van der Waals surface area contributed by atoms with Crippen LogP contribution in [-0.4, -0.2) is 53.8 Å². The fraction of sp³-hybridized carbons (Fsp3) is 0.524. The third-order valence-corrected chi connectivity index (χ3v) is 5.74. The number of aromatic nitrogens is 1. The molecule has 3 rings (SSSR count). The fourth-order valence-electron chi connectivity index (χ4n) is 3.77. The molecule has 1 aromatic heterocycles. The summed E-state index contributed by atoms with van der Waals surface area (Å²) in [7, 11) is 1.71. The van der Waals surface area contributed by atoms with Crippen LogP contribution in [0.2, 0.25) is 0 Å². The van der Waals surface area contributed by atoms with Gasteiger partial charge in [-0.2, -0.15) is 5.26 Å². The Morgan fingerprint density at radius 2 is 2.14 bits per heavy atom. The summed E-state index contributed by atoms with van der Waals surface area (Å²) in [6, 6.07) is 3.83. The van der Waals surface area contributed by atoms with Gasteiger partial charge in [0.15, 0.2) is 11.6 Å². The van der Waals surface area contributed by atoms with Crippen LogP contribution in [0.3, 0.4) is 0 Å². The lowest BCUT2D eigenvalue weighted by Crippen LogP contribution is -2.43. The highest BCUT2D eigenvalue weighted by Gasteiger charge is 2.35. The molecule has 0 bridgehead atoms. The second-order valence-electron chi connectivity index (χ2n) is 7.62. The van der Waals surface area contributed by atoms with E-state index < -0.39 is 0 Å². The smallest absolute Gasteiger partial charge is 0.181 e. The number of hydrogen-bond acceptors (Lipinski definition) is 7. The molecule has 1 aliphatic heterocycles. The van der Waals surface area contributed by atoms with Crippen LogP contribution in [0, 0.1) is 11.3 Å². The van der Waals surface area contributed by atoms with Crippen molar-refractivity contribution in [1.29, 1.82) is 5.26 Å². The molecule has 28 heavy (non-hydrogen) atoms. The highest BCUT2D eigenvalue weighted by molar-refractivity contribution is 6.10. The molecule has 1 saturated heterocycles. The number of Topliss-reactive ketones (excluding diaryl/α,β-unsaturated/α-hetero) is 2. The summed E-state index contributed by atoms with van der Waals surface area (Å²) in [4.78, 5) is 31.3. The number of rotatable bonds is 6. The van der Waals surface area contributed by atoms with E-state index in [4.69, 9.17) is 10.5 Å². The van der Waals surface area contributed by atoms with E-state index in [-0.39, 0.29) is 29.2 Å². The predicted molar refractivity (Wildman–Crippen MR) is 104 cm³/mol. The van der Waals surface area contributed by atoms with Crippen LogP contribution < -0.4 is 5.73 Å². The van der Waals surface area contributed by atoms with Gasteiger partial charge in [-0.25, -0.2) is 0 Å². The summed E-state index contributed by atoms with van der Waals surface area (Å²) in [6.45, 7) is 3.87. The van der Waals surface area contributed by atoms with Crippen molar-refractivity contribution in [2.45, 2.75) is 44.6 Å². The first kappa shape index (κ1) is 20.2. The number of likely N-dealkylation sites (tertiary alicyclic amines) is 1. The number of fused-ring (bicyclic) bond motifs is 1. The number of pyridine rings is 1. The lowest BCUT2D eigenvalue weighted by atomic mass is 9.86. The molecule has 7 heteroatoms. The van der Waals surface area contributed by atoms with Gasteiger partial charge in [-0.15, -0.1) is 0 Å². The Labute approximate surface area is 165 Å². The van der Waals surface area contributed by atoms with Crippen LogP contribution in [0.25, 0.3) is 5.70 Å². The number of nitrogens with two attached hydrogens (primary N) is 1. The van der Waals surface area contributed by atoms with E-state index in [9.17, 15) is 14.9 Å². The highest BCUT2D eigenvalue weighted by atomic mass is 16.5. The van der Waals surface area contributed by atoms with E-state index in [1.807, 2.05) is 0 Å². The molecule has 2 heterocycles. The van der Waals surface area contributed by atoms with E-state index in [1.54, 1.807) is 19.4 Å². The van der Waals surface area contributed by atoms with Crippen LogP contribution in [0.4, 0.5) is 0 Å². The quantitative estimate of drug-likeness (QED) is 0.748. The molecule has 1 fully saturated rings. The molecule has 1 aromatic rings. The lowest BCUT2D eigenvalue weighted by Gasteiger charge is -2.41. The molecule has 0 aromatic carbocycles. The van der Waals surface area contributed by atoms with Crippen molar-refractivity contribution in [2.24, 2.45) is 5.73 Å². The maximum atomic E-state index is 12.5. The first-order valence-electron chi connectivity index (χ1n) is 9.62. The van der Waals surface area contributed by atoms with E-state index in [1.165, 1.54) is 0 Å². The Hall–Kier alpha value is -2.56. The third kappa shape index (κ3) is 3.84. The van der Waals surface area contributed by atoms with Crippen LogP contribution in [0.5, 0.6) is 0 Å². The van der Waals surface area contributed by atoms with Crippen LogP contribution in [0.1, 0.15) is 54.2 Å². The number of nitriles is 1. The van der Waals surface area contributed by atoms with Gasteiger partial charge in [0.1, 0.15) is 17.3 Å². The number of hydrogen-bond donors (Lipinski definition) is 1. The first-order valence-corrected chi connectivity index (χ1v) is 9.62. The summed E-state index contributed by atoms with van der Waals surface area (Å²) in [5, 5.41) is 9.66. The molecule has 7 nitrogen and oxygen atoms in total. The van der Waals surface area contributed by atoms with Crippen molar-refractivity contribution >= 4 is 17.3 Å². The number of ketones is 2. The summed E-state index contributed by atoms with van der Waals surface area (Å²) in [6.07, 6.45) is 4.26. The standard InChI is InChI=1S/C21H26N4O3/c1-21(28-2)5-8-25(9-6-21)20-15-11-17(18(26)4-3-7-22)24-13-14(15)10-19(27)16(20)12-23/h11,13H,3-10,22H2,1-2H3. The lowest BCUT2D eigenvalue weighted by molar-refractivity contribution is -0.114. The number of methoxy groups -OCH3 is 1. The Morgan fingerprint density at radius 3 is 2.75 bits per heavy atom. The maximum absolute atomic E-state index is 12.5. The van der Waals surface area contributed by atoms with Gasteiger partial charge < -0.3 is 15.4 Å². The Bertz CT molecular complexity index is 861. The largest absolute Gasteiger partial charge is 0.378 e. The summed E-state index contributed by atoms with van der Waals surface area (Å²) < 4.78 is 5.61. The van der Waals surface area contributed by atoms with Gasteiger partial charge in [-0.1, -0.05) is 0 Å². The Balaban J connectivity index is 1.99. The number of nitrogens with zero attached hydrogens (tertiary/aromatic N) is 3. The second-order valence-corrected chi connectivity index (χ2v) is 7.62. The van der Waals surface area contributed by atoms with Gasteiger partial charge in [0.25, 0.3) is 0 Å². The van der Waals surface area contributed by atoms with Crippen LogP contribution in [0.15, 0.2) is 17.8 Å². The zero-order valence-electron chi connectivity index (χ0n) is 16.5. The molecule has 0 spiro atoms. The van der Waals surface area contributed by atoms with Crippen LogP contribution in [-0.2, 0) is 16.0 Å². The first-order chi connectivity index (χ1) is 13.4. The molecule has 0 radical (unpaired) electrons. The van der Waals surface area contributed by atoms with E-state index in [0.29, 0.717) is 43.9 Å². The van der Waals surface area contributed by atoms with Gasteiger partial charge in [-0.05, 0) is 44.4 Å². The second kappa shape index (κ2) is 8.21. The SMILES string of the molecule is COC1(C)CCN(C2=C(C#N)C(=O)Cc3cnc(C(=O)CCCN)cc32)CC1. The van der Waals surface area contributed by atoms with Gasteiger partial charge in [0.05, 0.1) is 11.3 Å². The topological polar surface area (TPSA) is 109 Å². The zero-order valence-corrected chi connectivity index (χ0v) is 16.5. The molecular formula is C21H26N4O3. The van der Waals surface area contributed by atoms with Crippen molar-refractivity contribution in [3.05, 3.63) is 34.7 Å². The van der Waals surface area contributed by atoms with E-state index in [2.05, 4.69) is 22.9 Å². The molecule has 0 saturated carbocycles. The number of carbonyl (C=O) groups is 2. The average molecular weight is 382 g/mol. The minimum atomic E-state index is -0.201. The van der Waals surface area contributed by atoms with Gasteiger partial charge in [-0.3, -0.25) is 14.6 Å². The van der Waals surface area contributed by atoms with Gasteiger partial charge in [0, 0.05) is 44.8 Å². The van der Waals surface area contributed by atoms with Crippen molar-refractivity contribution in [3.63, 3.8) is 0 Å². The molecule has 0 atom stereocenters. The number of ether oxygens (including phenoxy) is 1. The van der Waals surface area contributed by atoms with Crippen molar-refractivity contribution in [1.82, 2.24) is 9.88 Å². The number of piperidine rings is 1. The van der Waals surface area contributed by atoms with E-state index in [0.717, 1.165) is 24.0 Å². The zero-order chi connectivity index (χ0) is 20.3. The van der Waals surface area contributed by atoms with Gasteiger partial charge >= 0.3 is 0 Å². The minimum absolute atomic E-state index is 0.0754. The predicted octanol–water partition coefficient (Wildman–Crippen LogP) is 1.86. The fourth-order valence-corrected chi connectivity index (χ4v) is 3.77. The monoisotopic (exact) mass is 382 g/mol. The molecule has 0 unspecified atom stereocenters. The Kier molecular flexibility index (Phi) is 5.92. The molecule has 2 aliphatic rings. The van der Waals surface area contributed by atoms with E-state index >= 15 is 0 Å². The van der Waals surface area contributed by atoms with Crippen molar-refractivity contribution in [3.8, 4) is 6.07 Å². The minimum Gasteiger partial charge on any atom is -0.378 e. The molecular weight excluding hydrogens is 356 g/mol. The number of allylic oxidation sites excluding steroid dienone is 1. The summed E-state index contributed by atoms with van der Waals surface area (Å²) in [5.41, 5.74) is 7.97. The maximum Gasteiger partial charge on any atom is 0.181 e. The molecule has 148 valence electrons. The summed E-state index contributed by atoms with van der Waals surface area (Å²) in [5.74, 6) is -0.275. The van der Waals surface area contributed by atoms with Crippen molar-refractivity contribution in [2.75, 3.05) is 26.7 Å². The normalized spacial score (nSPS) is 18.6. The van der Waals surface area contributed by atoms with Crippen molar-refractivity contribution < 1.29 is 14.3 Å². The Morgan fingerprint density at radius 1 is 1.43 bits per heavy atom. The molecule has 2 N–H and O–H groups in total. The number of carbonyl (C=O) groups excluding carboxylic acids is 2. The molecule has 1 aliphatic carbocycles. The van der Waals surface area contributed by atoms with Crippen LogP contribution >= 0.6 is 0 Å².